The Morgan fingerprint density at radius 2 is 1.79 bits per heavy atom. The van der Waals surface area contributed by atoms with Crippen LogP contribution in [0.2, 0.25) is 0 Å². The largest absolute Gasteiger partial charge is 0.464 e. The third kappa shape index (κ3) is 6.08. The molecule has 1 atom stereocenters. The Morgan fingerprint density at radius 3 is 2.41 bits per heavy atom. The second kappa shape index (κ2) is 10.0. The van der Waals surface area contributed by atoms with Gasteiger partial charge in [0.15, 0.2) is 0 Å². The van der Waals surface area contributed by atoms with Crippen molar-refractivity contribution in [3.8, 4) is 0 Å². The maximum absolute atomic E-state index is 13.2. The molecular formula is C25H32N2O6S. The monoisotopic (exact) mass is 488 g/mol. The molecule has 1 aliphatic heterocycles. The van der Waals surface area contributed by atoms with Crippen LogP contribution in [0.15, 0.2) is 47.4 Å². The first-order valence-corrected chi connectivity index (χ1v) is 12.7. The predicted molar refractivity (Wildman–Crippen MR) is 129 cm³/mol. The molecule has 0 aliphatic carbocycles. The Bertz CT molecular complexity index is 1150. The van der Waals surface area contributed by atoms with Crippen LogP contribution >= 0.6 is 0 Å². The van der Waals surface area contributed by atoms with Crippen LogP contribution < -0.4 is 9.62 Å². The molecule has 1 aliphatic rings. The summed E-state index contributed by atoms with van der Waals surface area (Å²) in [5.74, 6) is -0.558. The van der Waals surface area contributed by atoms with Crippen molar-refractivity contribution in [2.75, 3.05) is 17.5 Å². The number of alkyl carbamates (subject to hydrolysis) is 1. The smallest absolute Gasteiger partial charge is 0.408 e. The second-order valence-electron chi connectivity index (χ2n) is 9.26. The average molecular weight is 489 g/mol. The lowest BCUT2D eigenvalue weighted by atomic mass is 10.0. The van der Waals surface area contributed by atoms with E-state index in [4.69, 9.17) is 9.47 Å². The molecule has 0 radical (unpaired) electrons. The Kier molecular flexibility index (Phi) is 7.55. The maximum Gasteiger partial charge on any atom is 0.408 e. The number of sulfonamides is 1. The molecule has 0 bridgehead atoms. The Balaban J connectivity index is 1.80. The number of esters is 1. The van der Waals surface area contributed by atoms with Gasteiger partial charge >= 0.3 is 12.1 Å². The minimum absolute atomic E-state index is 0.182. The van der Waals surface area contributed by atoms with Crippen LogP contribution in [0.4, 0.5) is 10.5 Å². The van der Waals surface area contributed by atoms with E-state index >= 15 is 0 Å². The van der Waals surface area contributed by atoms with Gasteiger partial charge < -0.3 is 14.8 Å². The number of hydrogen-bond acceptors (Lipinski definition) is 6. The molecule has 1 heterocycles. The molecule has 2 aromatic carbocycles. The van der Waals surface area contributed by atoms with Gasteiger partial charge in [-0.15, -0.1) is 0 Å². The fourth-order valence-electron chi connectivity index (χ4n) is 3.76. The molecule has 3 rings (SSSR count). The highest BCUT2D eigenvalue weighted by Crippen LogP contribution is 2.34. The van der Waals surface area contributed by atoms with E-state index in [9.17, 15) is 18.0 Å². The van der Waals surface area contributed by atoms with Crippen molar-refractivity contribution in [1.29, 1.82) is 0 Å². The fraction of sp³-hybridized carbons (Fsp3) is 0.440. The number of amides is 1. The molecular weight excluding hydrogens is 456 g/mol. The van der Waals surface area contributed by atoms with Gasteiger partial charge in [0.25, 0.3) is 10.0 Å². The number of rotatable bonds is 7. The fourth-order valence-corrected chi connectivity index (χ4v) is 5.26. The summed E-state index contributed by atoms with van der Waals surface area (Å²) in [6.45, 7) is 9.34. The van der Waals surface area contributed by atoms with Crippen molar-refractivity contribution in [3.63, 3.8) is 0 Å². The van der Waals surface area contributed by atoms with Crippen molar-refractivity contribution in [2.45, 2.75) is 64.0 Å². The highest BCUT2D eigenvalue weighted by molar-refractivity contribution is 7.92. The molecule has 2 aromatic rings. The molecule has 0 unspecified atom stereocenters. The number of carbonyl (C=O) groups is 2. The van der Waals surface area contributed by atoms with E-state index in [-0.39, 0.29) is 17.9 Å². The highest BCUT2D eigenvalue weighted by atomic mass is 32.2. The van der Waals surface area contributed by atoms with E-state index in [1.807, 2.05) is 13.0 Å². The Hall–Kier alpha value is -3.07. The van der Waals surface area contributed by atoms with Crippen LogP contribution in [-0.2, 0) is 37.1 Å². The van der Waals surface area contributed by atoms with E-state index in [1.165, 1.54) is 4.31 Å². The summed E-state index contributed by atoms with van der Waals surface area (Å²) in [6.07, 6.45) is 0.0375. The highest BCUT2D eigenvalue weighted by Gasteiger charge is 2.32. The van der Waals surface area contributed by atoms with Crippen molar-refractivity contribution < 1.29 is 27.5 Å². The number of carbonyl (C=O) groups excluding carboxylic acids is 2. The lowest BCUT2D eigenvalue weighted by molar-refractivity contribution is -0.145. The number of benzene rings is 2. The van der Waals surface area contributed by atoms with Crippen LogP contribution in [0, 0.1) is 6.92 Å². The molecule has 34 heavy (non-hydrogen) atoms. The first-order valence-electron chi connectivity index (χ1n) is 11.3. The first kappa shape index (κ1) is 25.6. The summed E-state index contributed by atoms with van der Waals surface area (Å²) < 4.78 is 38.2. The van der Waals surface area contributed by atoms with Crippen LogP contribution in [0.25, 0.3) is 0 Å². The van der Waals surface area contributed by atoms with Gasteiger partial charge in [0.1, 0.15) is 11.6 Å². The van der Waals surface area contributed by atoms with Crippen molar-refractivity contribution in [1.82, 2.24) is 5.32 Å². The molecule has 9 heteroatoms. The Morgan fingerprint density at radius 1 is 1.12 bits per heavy atom. The van der Waals surface area contributed by atoms with E-state index in [2.05, 4.69) is 5.32 Å². The van der Waals surface area contributed by atoms with Crippen molar-refractivity contribution in [2.24, 2.45) is 0 Å². The molecule has 1 amide bonds. The molecule has 0 aromatic heterocycles. The van der Waals surface area contributed by atoms with E-state index in [0.717, 1.165) is 16.7 Å². The zero-order valence-electron chi connectivity index (χ0n) is 20.3. The normalized spacial score (nSPS) is 14.3. The van der Waals surface area contributed by atoms with Crippen LogP contribution in [0.5, 0.6) is 0 Å². The van der Waals surface area contributed by atoms with E-state index < -0.39 is 33.7 Å². The van der Waals surface area contributed by atoms with Gasteiger partial charge in [-0.1, -0.05) is 29.8 Å². The average Bonchev–Trinajstić information content (AvgIpc) is 3.16. The number of nitrogens with zero attached hydrogens (tertiary/aromatic N) is 1. The molecule has 0 saturated carbocycles. The number of anilines is 1. The lowest BCUT2D eigenvalue weighted by Gasteiger charge is -2.23. The number of fused-ring (bicyclic) bond motifs is 1. The topological polar surface area (TPSA) is 102 Å². The third-order valence-corrected chi connectivity index (χ3v) is 7.14. The van der Waals surface area contributed by atoms with Gasteiger partial charge in [-0.2, -0.15) is 0 Å². The summed E-state index contributed by atoms with van der Waals surface area (Å²) in [5.41, 5.74) is 2.55. The van der Waals surface area contributed by atoms with Gasteiger partial charge in [-0.25, -0.2) is 18.0 Å². The van der Waals surface area contributed by atoms with Gasteiger partial charge in [0, 0.05) is 13.0 Å². The minimum atomic E-state index is -3.67. The van der Waals surface area contributed by atoms with Gasteiger partial charge in [0.05, 0.1) is 17.2 Å². The van der Waals surface area contributed by atoms with Crippen molar-refractivity contribution >= 4 is 27.8 Å². The zero-order valence-corrected chi connectivity index (χ0v) is 21.1. The maximum atomic E-state index is 13.2. The summed E-state index contributed by atoms with van der Waals surface area (Å²) in [5, 5.41) is 2.59. The number of ether oxygens (including phenoxy) is 2. The molecule has 0 spiro atoms. The SMILES string of the molecule is CCOC(=O)[C@H](Cc1ccc2c(c1)CCN2S(=O)(=O)c1ccc(C)cc1)NC(=O)OC(C)(C)C. The third-order valence-electron chi connectivity index (χ3n) is 5.31. The number of hydrogen-bond donors (Lipinski definition) is 1. The van der Waals surface area contributed by atoms with Gasteiger partial charge in [-0.3, -0.25) is 4.31 Å². The molecule has 1 N–H and O–H groups in total. The molecule has 0 saturated heterocycles. The van der Waals surface area contributed by atoms with Crippen LogP contribution in [0.1, 0.15) is 44.4 Å². The lowest BCUT2D eigenvalue weighted by Crippen LogP contribution is -2.45. The molecule has 184 valence electrons. The second-order valence-corrected chi connectivity index (χ2v) is 11.1. The number of aryl methyl sites for hydroxylation is 1. The van der Waals surface area contributed by atoms with Crippen LogP contribution in [0.3, 0.4) is 0 Å². The minimum Gasteiger partial charge on any atom is -0.464 e. The molecule has 8 nitrogen and oxygen atoms in total. The van der Waals surface area contributed by atoms with E-state index in [1.54, 1.807) is 64.1 Å². The summed E-state index contributed by atoms with van der Waals surface area (Å²) in [7, 11) is -3.67. The quantitative estimate of drug-likeness (QED) is 0.596. The van der Waals surface area contributed by atoms with E-state index in [0.29, 0.717) is 18.7 Å². The van der Waals surface area contributed by atoms with Crippen LogP contribution in [-0.4, -0.2) is 45.3 Å². The summed E-state index contributed by atoms with van der Waals surface area (Å²) in [4.78, 5) is 25.0. The predicted octanol–water partition coefficient (Wildman–Crippen LogP) is 3.75. The summed E-state index contributed by atoms with van der Waals surface area (Å²) >= 11 is 0. The molecule has 0 fully saturated rings. The van der Waals surface area contributed by atoms with Gasteiger partial charge in [0.2, 0.25) is 0 Å². The summed E-state index contributed by atoms with van der Waals surface area (Å²) in [6, 6.07) is 11.3. The standard InChI is InChI=1S/C25H32N2O6S/c1-6-32-23(28)21(26-24(29)33-25(3,4)5)16-18-9-12-22-19(15-18)13-14-27(22)34(30,31)20-10-7-17(2)8-11-20/h7-12,15,21H,6,13-14,16H2,1-5H3,(H,26,29)/t21-/m0/s1. The number of nitrogens with one attached hydrogen (secondary N) is 1. The zero-order chi connectivity index (χ0) is 25.1. The Labute approximate surface area is 201 Å². The first-order chi connectivity index (χ1) is 15.9. The van der Waals surface area contributed by atoms with Gasteiger partial charge in [-0.05, 0) is 70.4 Å². The van der Waals surface area contributed by atoms with Crippen molar-refractivity contribution in [3.05, 3.63) is 59.2 Å².